The van der Waals surface area contributed by atoms with Crippen LogP contribution in [-0.4, -0.2) is 25.2 Å². The van der Waals surface area contributed by atoms with Crippen molar-refractivity contribution in [3.05, 3.63) is 40.2 Å². The van der Waals surface area contributed by atoms with E-state index in [9.17, 15) is 9.90 Å². The third-order valence-corrected chi connectivity index (χ3v) is 3.42. The summed E-state index contributed by atoms with van der Waals surface area (Å²) in [5.41, 5.74) is 3.86. The summed E-state index contributed by atoms with van der Waals surface area (Å²) in [6.07, 6.45) is -0.995. The summed E-state index contributed by atoms with van der Waals surface area (Å²) < 4.78 is 4.72. The first-order chi connectivity index (χ1) is 8.99. The minimum Gasteiger partial charge on any atom is -0.465 e. The van der Waals surface area contributed by atoms with Gasteiger partial charge in [0.2, 0.25) is 0 Å². The number of hydrogen-bond acceptors (Lipinski definition) is 5. The third-order valence-electron chi connectivity index (χ3n) is 3.42. The van der Waals surface area contributed by atoms with Gasteiger partial charge in [0.05, 0.1) is 7.11 Å². The predicted molar refractivity (Wildman–Crippen MR) is 72.6 cm³/mol. The van der Waals surface area contributed by atoms with Gasteiger partial charge in [-0.1, -0.05) is 6.07 Å². The average Bonchev–Trinajstić information content (AvgIpc) is 2.40. The van der Waals surface area contributed by atoms with Crippen LogP contribution < -0.4 is 10.6 Å². The quantitative estimate of drug-likeness (QED) is 0.702. The molecule has 0 aromatic heterocycles. The molecule has 2 rings (SSSR count). The molecule has 19 heavy (non-hydrogen) atoms. The molecular weight excluding hydrogens is 244 g/mol. The van der Waals surface area contributed by atoms with Gasteiger partial charge in [0.1, 0.15) is 17.5 Å². The molecule has 0 spiro atoms. The molecule has 102 valence electrons. The second-order valence-electron chi connectivity index (χ2n) is 4.58. The molecular formula is C14H18N2O3. The van der Waals surface area contributed by atoms with Crippen molar-refractivity contribution >= 4 is 11.7 Å². The van der Waals surface area contributed by atoms with E-state index in [1.807, 2.05) is 26.0 Å². The number of ether oxygens (including phenoxy) is 1. The lowest BCUT2D eigenvalue weighted by atomic mass is 9.93. The molecule has 0 bridgehead atoms. The Kier molecular flexibility index (Phi) is 3.48. The van der Waals surface area contributed by atoms with Gasteiger partial charge in [-0.05, 0) is 31.0 Å². The van der Waals surface area contributed by atoms with Crippen LogP contribution in [0.15, 0.2) is 23.5 Å². The van der Waals surface area contributed by atoms with E-state index in [4.69, 9.17) is 4.74 Å². The highest BCUT2D eigenvalue weighted by atomic mass is 16.5. The molecule has 0 saturated carbocycles. The van der Waals surface area contributed by atoms with Gasteiger partial charge in [-0.3, -0.25) is 0 Å². The maximum atomic E-state index is 11.8. The summed E-state index contributed by atoms with van der Waals surface area (Å²) in [5.74, 6) is -0.0802. The van der Waals surface area contributed by atoms with Gasteiger partial charge in [0, 0.05) is 18.3 Å². The number of aryl methyl sites for hydroxylation is 2. The van der Waals surface area contributed by atoms with Crippen molar-refractivity contribution < 1.29 is 14.6 Å². The number of nitrogens with one attached hydrogen (secondary N) is 2. The van der Waals surface area contributed by atoms with E-state index in [0.717, 1.165) is 16.8 Å². The molecule has 0 amide bonds. The largest absolute Gasteiger partial charge is 0.465 e. The predicted octanol–water partition coefficient (Wildman–Crippen LogP) is 1.37. The third kappa shape index (κ3) is 2.17. The maximum absolute atomic E-state index is 11.8. The molecule has 1 heterocycles. The van der Waals surface area contributed by atoms with Crippen molar-refractivity contribution in [2.24, 2.45) is 0 Å². The van der Waals surface area contributed by atoms with E-state index >= 15 is 0 Å². The monoisotopic (exact) mass is 262 g/mol. The zero-order valence-corrected chi connectivity index (χ0v) is 11.5. The zero-order valence-electron chi connectivity index (χ0n) is 11.5. The molecule has 5 nitrogen and oxygen atoms in total. The Labute approximate surface area is 112 Å². The summed E-state index contributed by atoms with van der Waals surface area (Å²) in [6.45, 7) is 3.97. The molecule has 1 aromatic carbocycles. The first-order valence-electron chi connectivity index (χ1n) is 6.06. The Balaban J connectivity index is 2.56. The smallest absolute Gasteiger partial charge is 0.340 e. The van der Waals surface area contributed by atoms with E-state index in [0.29, 0.717) is 11.4 Å². The highest BCUT2D eigenvalue weighted by molar-refractivity contribution is 5.93. The fourth-order valence-electron chi connectivity index (χ4n) is 2.19. The minimum absolute atomic E-state index is 0.195. The van der Waals surface area contributed by atoms with Crippen molar-refractivity contribution in [1.29, 1.82) is 0 Å². The van der Waals surface area contributed by atoms with Crippen LogP contribution in [0.1, 0.15) is 22.8 Å². The van der Waals surface area contributed by atoms with Crippen LogP contribution in [0.2, 0.25) is 0 Å². The number of rotatable bonds is 2. The van der Waals surface area contributed by atoms with Crippen molar-refractivity contribution in [2.45, 2.75) is 20.0 Å². The van der Waals surface area contributed by atoms with Crippen LogP contribution in [0.5, 0.6) is 0 Å². The normalized spacial score (nSPS) is 17.6. The number of methoxy groups -OCH3 is 1. The maximum Gasteiger partial charge on any atom is 0.340 e. The lowest BCUT2D eigenvalue weighted by molar-refractivity contribution is -0.137. The fourth-order valence-corrected chi connectivity index (χ4v) is 2.19. The van der Waals surface area contributed by atoms with Crippen molar-refractivity contribution in [2.75, 3.05) is 19.5 Å². The summed E-state index contributed by atoms with van der Waals surface area (Å²) >= 11 is 0. The van der Waals surface area contributed by atoms with Gasteiger partial charge in [0.15, 0.2) is 0 Å². The first-order valence-corrected chi connectivity index (χ1v) is 6.06. The second kappa shape index (κ2) is 4.93. The molecule has 1 aliphatic heterocycles. The molecule has 1 aromatic rings. The van der Waals surface area contributed by atoms with Crippen LogP contribution in [0.25, 0.3) is 0 Å². The number of aliphatic hydroxyl groups excluding tert-OH is 1. The number of anilines is 1. The highest BCUT2D eigenvalue weighted by Crippen LogP contribution is 2.36. The molecule has 5 heteroatoms. The summed E-state index contributed by atoms with van der Waals surface area (Å²) in [6, 6.07) is 3.84. The first kappa shape index (κ1) is 13.4. The van der Waals surface area contributed by atoms with Crippen LogP contribution >= 0.6 is 0 Å². The molecule has 0 aliphatic carbocycles. The van der Waals surface area contributed by atoms with Gasteiger partial charge < -0.3 is 20.5 Å². The average molecular weight is 262 g/mol. The number of benzene rings is 1. The Morgan fingerprint density at radius 3 is 2.58 bits per heavy atom. The van der Waals surface area contributed by atoms with E-state index < -0.39 is 12.1 Å². The Morgan fingerprint density at radius 1 is 1.37 bits per heavy atom. The molecule has 3 N–H and O–H groups in total. The van der Waals surface area contributed by atoms with Gasteiger partial charge in [-0.25, -0.2) is 4.79 Å². The number of fused-ring (bicyclic) bond motifs is 1. The molecule has 1 unspecified atom stereocenters. The van der Waals surface area contributed by atoms with Gasteiger partial charge in [0.25, 0.3) is 0 Å². The molecule has 1 atom stereocenters. The number of carbonyl (C=O) groups excluding carboxylic acids is 1. The Hall–Kier alpha value is -2.01. The van der Waals surface area contributed by atoms with Crippen molar-refractivity contribution in [3.63, 3.8) is 0 Å². The summed E-state index contributed by atoms with van der Waals surface area (Å²) in [7, 11) is 2.98. The minimum atomic E-state index is -0.995. The molecule has 0 radical (unpaired) electrons. The number of esters is 1. The van der Waals surface area contributed by atoms with E-state index in [2.05, 4.69) is 10.6 Å². The number of hydrogen-bond donors (Lipinski definition) is 3. The topological polar surface area (TPSA) is 70.6 Å². The van der Waals surface area contributed by atoms with Crippen molar-refractivity contribution in [1.82, 2.24) is 5.32 Å². The standard InChI is InChI=1S/C14H18N2O3/c1-7-5-9-10(6-8(7)2)16-13(15-3)11(12(9)17)14(18)19-4/h5-6,12,15-17H,1-4H3. The zero-order chi connectivity index (χ0) is 14.2. The van der Waals surface area contributed by atoms with Gasteiger partial charge in [-0.15, -0.1) is 0 Å². The molecule has 0 saturated heterocycles. The van der Waals surface area contributed by atoms with E-state index in [1.54, 1.807) is 7.05 Å². The number of aliphatic hydroxyl groups is 1. The highest BCUT2D eigenvalue weighted by Gasteiger charge is 2.31. The van der Waals surface area contributed by atoms with Crippen LogP contribution in [0, 0.1) is 13.8 Å². The number of carbonyl (C=O) groups is 1. The van der Waals surface area contributed by atoms with Crippen LogP contribution in [0.3, 0.4) is 0 Å². The molecule has 1 aliphatic rings. The van der Waals surface area contributed by atoms with E-state index in [1.165, 1.54) is 7.11 Å². The van der Waals surface area contributed by atoms with Crippen LogP contribution in [0.4, 0.5) is 5.69 Å². The summed E-state index contributed by atoms with van der Waals surface area (Å²) in [4.78, 5) is 11.8. The second-order valence-corrected chi connectivity index (χ2v) is 4.58. The Morgan fingerprint density at radius 2 is 2.00 bits per heavy atom. The SMILES string of the molecule is CNC1=C(C(=O)OC)C(O)c2cc(C)c(C)cc2N1. The Bertz CT molecular complexity index is 564. The van der Waals surface area contributed by atoms with E-state index in [-0.39, 0.29) is 5.57 Å². The fraction of sp³-hybridized carbons (Fsp3) is 0.357. The van der Waals surface area contributed by atoms with Gasteiger partial charge >= 0.3 is 5.97 Å². The van der Waals surface area contributed by atoms with Gasteiger partial charge in [-0.2, -0.15) is 0 Å². The lowest BCUT2D eigenvalue weighted by Crippen LogP contribution is -2.29. The van der Waals surface area contributed by atoms with Crippen LogP contribution in [-0.2, 0) is 9.53 Å². The van der Waals surface area contributed by atoms with Crippen molar-refractivity contribution in [3.8, 4) is 0 Å². The molecule has 0 fully saturated rings. The summed E-state index contributed by atoms with van der Waals surface area (Å²) in [5, 5.41) is 16.4. The lowest BCUT2D eigenvalue weighted by Gasteiger charge is -2.28.